The summed E-state index contributed by atoms with van der Waals surface area (Å²) < 4.78 is 0. The van der Waals surface area contributed by atoms with E-state index in [-0.39, 0.29) is 0 Å². The third kappa shape index (κ3) is 4.60. The Hall–Kier alpha value is -2.11. The number of thiophene rings is 1. The predicted molar refractivity (Wildman–Crippen MR) is 117 cm³/mol. The van der Waals surface area contributed by atoms with Crippen LogP contribution in [0.25, 0.3) is 10.9 Å². The molecule has 27 heavy (non-hydrogen) atoms. The molecule has 4 nitrogen and oxygen atoms in total. The molecule has 2 heterocycles. The molecule has 1 aliphatic carbocycles. The van der Waals surface area contributed by atoms with Crippen molar-refractivity contribution in [3.05, 3.63) is 52.7 Å². The molecule has 5 heteroatoms. The summed E-state index contributed by atoms with van der Waals surface area (Å²) in [6.45, 7) is 0.976. The van der Waals surface area contributed by atoms with E-state index in [9.17, 15) is 0 Å². The Morgan fingerprint density at radius 2 is 2.00 bits per heavy atom. The van der Waals surface area contributed by atoms with Crippen LogP contribution in [0.2, 0.25) is 0 Å². The standard InChI is InChI=1S/C22H28N4S/c1-26(2)20-7-8-21-17(12-20)6-9-22(25-21)24-19-5-3-4-18(13-19)23-14-16-10-11-27-15-16/h6-12,15,18-19,23H,3-5,13-14H2,1-2H3,(H,24,25)/t18-,19-/m0/s1. The number of hydrogen-bond acceptors (Lipinski definition) is 5. The van der Waals surface area contributed by atoms with Gasteiger partial charge in [-0.2, -0.15) is 11.3 Å². The van der Waals surface area contributed by atoms with Crippen LogP contribution in [0.15, 0.2) is 47.2 Å². The number of pyridine rings is 1. The molecule has 0 amide bonds. The van der Waals surface area contributed by atoms with Gasteiger partial charge in [-0.3, -0.25) is 0 Å². The van der Waals surface area contributed by atoms with Crippen LogP contribution in [-0.2, 0) is 6.54 Å². The van der Waals surface area contributed by atoms with Crippen molar-refractivity contribution >= 4 is 33.7 Å². The largest absolute Gasteiger partial charge is 0.378 e. The quantitative estimate of drug-likeness (QED) is 0.640. The van der Waals surface area contributed by atoms with Crippen LogP contribution < -0.4 is 15.5 Å². The summed E-state index contributed by atoms with van der Waals surface area (Å²) in [5, 5.41) is 13.0. The molecule has 2 aromatic heterocycles. The zero-order valence-corrected chi connectivity index (χ0v) is 16.9. The molecule has 1 aliphatic rings. The van der Waals surface area contributed by atoms with E-state index in [1.165, 1.54) is 35.9 Å². The van der Waals surface area contributed by atoms with Crippen molar-refractivity contribution in [2.24, 2.45) is 0 Å². The summed E-state index contributed by atoms with van der Waals surface area (Å²) in [7, 11) is 4.13. The van der Waals surface area contributed by atoms with Gasteiger partial charge in [-0.05, 0) is 78.4 Å². The van der Waals surface area contributed by atoms with Crippen molar-refractivity contribution in [2.45, 2.75) is 44.3 Å². The zero-order valence-electron chi connectivity index (χ0n) is 16.1. The fourth-order valence-electron chi connectivity index (χ4n) is 3.84. The SMILES string of the molecule is CN(C)c1ccc2nc(N[C@H]3CCC[C@H](NCc4ccsc4)C3)ccc2c1. The molecule has 1 aromatic carbocycles. The van der Waals surface area contributed by atoms with E-state index in [1.54, 1.807) is 11.3 Å². The van der Waals surface area contributed by atoms with Crippen LogP contribution in [0.5, 0.6) is 0 Å². The van der Waals surface area contributed by atoms with E-state index >= 15 is 0 Å². The van der Waals surface area contributed by atoms with E-state index < -0.39 is 0 Å². The van der Waals surface area contributed by atoms with Gasteiger partial charge in [0.15, 0.2) is 0 Å². The van der Waals surface area contributed by atoms with Gasteiger partial charge in [0.25, 0.3) is 0 Å². The lowest BCUT2D eigenvalue weighted by Crippen LogP contribution is -2.38. The molecule has 0 unspecified atom stereocenters. The van der Waals surface area contributed by atoms with Gasteiger partial charge in [0, 0.05) is 43.8 Å². The fraction of sp³-hybridized carbons (Fsp3) is 0.409. The van der Waals surface area contributed by atoms with Crippen LogP contribution in [0.3, 0.4) is 0 Å². The number of fused-ring (bicyclic) bond motifs is 1. The molecule has 1 fully saturated rings. The summed E-state index contributed by atoms with van der Waals surface area (Å²) >= 11 is 1.77. The first kappa shape index (κ1) is 18.3. The summed E-state index contributed by atoms with van der Waals surface area (Å²) in [6, 6.07) is 14.0. The first-order valence-corrected chi connectivity index (χ1v) is 10.7. The Kier molecular flexibility index (Phi) is 5.60. The third-order valence-corrected chi connectivity index (χ3v) is 6.12. The summed E-state index contributed by atoms with van der Waals surface area (Å²) in [5.74, 6) is 0.989. The van der Waals surface area contributed by atoms with E-state index in [1.807, 2.05) is 0 Å². The zero-order chi connectivity index (χ0) is 18.6. The number of benzene rings is 1. The minimum Gasteiger partial charge on any atom is -0.378 e. The summed E-state index contributed by atoms with van der Waals surface area (Å²) in [6.07, 6.45) is 4.90. The van der Waals surface area contributed by atoms with Crippen LogP contribution in [-0.4, -0.2) is 31.2 Å². The molecule has 3 aromatic rings. The highest BCUT2D eigenvalue weighted by Crippen LogP contribution is 2.25. The molecule has 0 spiro atoms. The summed E-state index contributed by atoms with van der Waals surface area (Å²) in [4.78, 5) is 6.95. The van der Waals surface area contributed by atoms with Gasteiger partial charge >= 0.3 is 0 Å². The second kappa shape index (κ2) is 8.28. The van der Waals surface area contributed by atoms with Crippen molar-refractivity contribution in [3.63, 3.8) is 0 Å². The van der Waals surface area contributed by atoms with E-state index in [2.05, 4.69) is 76.8 Å². The predicted octanol–water partition coefficient (Wildman–Crippen LogP) is 4.88. The second-order valence-corrected chi connectivity index (χ2v) is 8.47. The lowest BCUT2D eigenvalue weighted by atomic mass is 9.91. The lowest BCUT2D eigenvalue weighted by Gasteiger charge is -2.30. The molecule has 2 N–H and O–H groups in total. The second-order valence-electron chi connectivity index (χ2n) is 7.69. The highest BCUT2D eigenvalue weighted by atomic mass is 32.1. The molecule has 4 rings (SSSR count). The van der Waals surface area contributed by atoms with E-state index in [0.717, 1.165) is 24.3 Å². The average Bonchev–Trinajstić information content (AvgIpc) is 3.20. The molecule has 0 saturated heterocycles. The Morgan fingerprint density at radius 3 is 2.81 bits per heavy atom. The lowest BCUT2D eigenvalue weighted by molar-refractivity contribution is 0.350. The minimum absolute atomic E-state index is 0.490. The van der Waals surface area contributed by atoms with Crippen LogP contribution in [0.1, 0.15) is 31.2 Å². The van der Waals surface area contributed by atoms with Gasteiger partial charge in [-0.15, -0.1) is 0 Å². The molecule has 1 saturated carbocycles. The van der Waals surface area contributed by atoms with Crippen molar-refractivity contribution < 1.29 is 0 Å². The topological polar surface area (TPSA) is 40.2 Å². The van der Waals surface area contributed by atoms with Crippen molar-refractivity contribution in [1.82, 2.24) is 10.3 Å². The molecule has 0 bridgehead atoms. The Balaban J connectivity index is 1.38. The Bertz CT molecular complexity index is 875. The Labute approximate surface area is 165 Å². The van der Waals surface area contributed by atoms with Gasteiger partial charge in [0.05, 0.1) is 5.52 Å². The first-order valence-electron chi connectivity index (χ1n) is 9.76. The van der Waals surface area contributed by atoms with E-state index in [0.29, 0.717) is 12.1 Å². The average molecular weight is 381 g/mol. The van der Waals surface area contributed by atoms with Gasteiger partial charge in [-0.1, -0.05) is 0 Å². The highest BCUT2D eigenvalue weighted by molar-refractivity contribution is 7.07. The third-order valence-electron chi connectivity index (χ3n) is 5.39. The Morgan fingerprint density at radius 1 is 1.11 bits per heavy atom. The maximum Gasteiger partial charge on any atom is 0.126 e. The molecule has 0 aliphatic heterocycles. The van der Waals surface area contributed by atoms with Gasteiger partial charge < -0.3 is 15.5 Å². The van der Waals surface area contributed by atoms with Crippen LogP contribution >= 0.6 is 11.3 Å². The number of nitrogens with zero attached hydrogens (tertiary/aromatic N) is 2. The molecular formula is C22H28N4S. The molecule has 2 atom stereocenters. The minimum atomic E-state index is 0.490. The molecule has 142 valence electrons. The van der Waals surface area contributed by atoms with Crippen molar-refractivity contribution in [3.8, 4) is 0 Å². The van der Waals surface area contributed by atoms with Crippen molar-refractivity contribution in [2.75, 3.05) is 24.3 Å². The van der Waals surface area contributed by atoms with Gasteiger partial charge in [-0.25, -0.2) is 4.98 Å². The number of hydrogen-bond donors (Lipinski definition) is 2. The fourth-order valence-corrected chi connectivity index (χ4v) is 4.51. The first-order chi connectivity index (χ1) is 13.2. The molecule has 0 radical (unpaired) electrons. The highest BCUT2D eigenvalue weighted by Gasteiger charge is 2.22. The van der Waals surface area contributed by atoms with Gasteiger partial charge in [0.1, 0.15) is 5.82 Å². The van der Waals surface area contributed by atoms with Crippen molar-refractivity contribution in [1.29, 1.82) is 0 Å². The van der Waals surface area contributed by atoms with Crippen LogP contribution in [0.4, 0.5) is 11.5 Å². The summed E-state index contributed by atoms with van der Waals surface area (Å²) in [5.41, 5.74) is 3.65. The molecular weight excluding hydrogens is 352 g/mol. The normalized spacial score (nSPS) is 19.9. The van der Waals surface area contributed by atoms with Gasteiger partial charge in [0.2, 0.25) is 0 Å². The van der Waals surface area contributed by atoms with E-state index in [4.69, 9.17) is 4.98 Å². The monoisotopic (exact) mass is 380 g/mol. The maximum atomic E-state index is 4.83. The number of rotatable bonds is 6. The maximum absolute atomic E-state index is 4.83. The van der Waals surface area contributed by atoms with Crippen LogP contribution in [0, 0.1) is 0 Å². The number of anilines is 2. The smallest absolute Gasteiger partial charge is 0.126 e. The number of nitrogens with one attached hydrogen (secondary N) is 2. The number of aromatic nitrogens is 1.